The Morgan fingerprint density at radius 3 is 0.972 bits per heavy atom. The second-order valence-electron chi connectivity index (χ2n) is 18.0. The second-order valence-corrected chi connectivity index (χ2v) is 18.0. The zero-order chi connectivity index (χ0) is 50.6. The summed E-state index contributed by atoms with van der Waals surface area (Å²) in [4.78, 5) is 48.6. The summed E-state index contributed by atoms with van der Waals surface area (Å²) in [5.41, 5.74) is 2.67. The highest BCUT2D eigenvalue weighted by Gasteiger charge is 2.06. The van der Waals surface area contributed by atoms with E-state index in [9.17, 15) is 19.2 Å². The number of rotatable bonds is 54. The van der Waals surface area contributed by atoms with Crippen molar-refractivity contribution in [1.82, 2.24) is 10.6 Å². The van der Waals surface area contributed by atoms with Gasteiger partial charge in [0.1, 0.15) is 11.6 Å². The average molecular weight is 999 g/mol. The molecule has 0 atom stereocenters. The van der Waals surface area contributed by atoms with Crippen LogP contribution in [0, 0.1) is 0 Å². The SMILES string of the molecule is O=C(CCCCCCCNC(=O)CCOCCCOCCC(=O)NCCCCCCCC(=O)CCCOCCOCCOCCCc1ccccc1)CCCOCCOCCOCCCc1ccccc1. The summed E-state index contributed by atoms with van der Waals surface area (Å²) in [6.45, 7) is 10.1. The van der Waals surface area contributed by atoms with Crippen molar-refractivity contribution >= 4 is 23.4 Å². The Balaban J connectivity index is 1.18. The van der Waals surface area contributed by atoms with Crippen molar-refractivity contribution in [2.75, 3.05) is 119 Å². The van der Waals surface area contributed by atoms with Gasteiger partial charge in [0.25, 0.3) is 0 Å². The summed E-state index contributed by atoms with van der Waals surface area (Å²) in [5.74, 6) is 0.576. The standard InChI is InChI=1S/C57H94N2O12/c60-54(30-19-38-68-46-50-70-48-44-66-36-17-26-52-22-9-7-10-23-52)28-13-3-1-5-15-34-58-56(62)32-42-64-40-21-41-65-43-33-57(63)59-35-16-6-2-4-14-29-55(61)31-20-39-69-47-51-71-49-45-67-37-18-27-53-24-11-8-12-25-53/h7-12,22-25H,1-6,13-21,26-51H2,(H,58,62)(H,59,63). The molecule has 2 aromatic rings. The van der Waals surface area contributed by atoms with Crippen LogP contribution >= 0.6 is 0 Å². The van der Waals surface area contributed by atoms with Gasteiger partial charge in [-0.15, -0.1) is 0 Å². The molecule has 0 aliphatic carbocycles. The topological polar surface area (TPSA) is 166 Å². The van der Waals surface area contributed by atoms with E-state index >= 15 is 0 Å². The van der Waals surface area contributed by atoms with E-state index in [2.05, 4.69) is 59.2 Å². The fourth-order valence-corrected chi connectivity index (χ4v) is 7.51. The van der Waals surface area contributed by atoms with Crippen molar-refractivity contribution < 1.29 is 57.1 Å². The van der Waals surface area contributed by atoms with Crippen molar-refractivity contribution in [3.05, 3.63) is 71.8 Å². The molecule has 2 N–H and O–H groups in total. The molecule has 0 fully saturated rings. The molecule has 0 spiro atoms. The van der Waals surface area contributed by atoms with E-state index in [4.69, 9.17) is 37.9 Å². The Morgan fingerprint density at radius 2 is 0.577 bits per heavy atom. The van der Waals surface area contributed by atoms with Crippen LogP contribution in [0.15, 0.2) is 60.7 Å². The van der Waals surface area contributed by atoms with E-state index < -0.39 is 0 Å². The fraction of sp³-hybridized carbons (Fsp3) is 0.719. The van der Waals surface area contributed by atoms with Crippen molar-refractivity contribution in [1.29, 1.82) is 0 Å². The lowest BCUT2D eigenvalue weighted by molar-refractivity contribution is -0.122. The first-order chi connectivity index (χ1) is 35.0. The molecule has 14 heteroatoms. The maximum Gasteiger partial charge on any atom is 0.222 e. The van der Waals surface area contributed by atoms with Crippen molar-refractivity contribution in [3.63, 3.8) is 0 Å². The zero-order valence-corrected chi connectivity index (χ0v) is 43.7. The largest absolute Gasteiger partial charge is 0.381 e. The number of amides is 2. The molecule has 404 valence electrons. The molecule has 2 amide bonds. The highest BCUT2D eigenvalue weighted by atomic mass is 16.5. The van der Waals surface area contributed by atoms with Crippen LogP contribution in [0.4, 0.5) is 0 Å². The summed E-state index contributed by atoms with van der Waals surface area (Å²) in [7, 11) is 0. The minimum atomic E-state index is -0.00799. The number of nitrogens with one attached hydrogen (secondary N) is 2. The Kier molecular flexibility index (Phi) is 44.7. The first-order valence-corrected chi connectivity index (χ1v) is 27.3. The molecule has 0 bridgehead atoms. The highest BCUT2D eigenvalue weighted by Crippen LogP contribution is 2.10. The van der Waals surface area contributed by atoms with Gasteiger partial charge in [0.05, 0.1) is 66.1 Å². The number of unbranched alkanes of at least 4 members (excludes halogenated alkanes) is 8. The van der Waals surface area contributed by atoms with Gasteiger partial charge in [-0.05, 0) is 81.8 Å². The number of ketones is 2. The number of ether oxygens (including phenoxy) is 8. The lowest BCUT2D eigenvalue weighted by Gasteiger charge is -2.08. The van der Waals surface area contributed by atoms with Gasteiger partial charge in [-0.25, -0.2) is 0 Å². The molecule has 71 heavy (non-hydrogen) atoms. The van der Waals surface area contributed by atoms with Gasteiger partial charge in [-0.2, -0.15) is 0 Å². The molecule has 0 heterocycles. The number of benzene rings is 2. The normalized spacial score (nSPS) is 11.3. The van der Waals surface area contributed by atoms with Crippen LogP contribution in [-0.4, -0.2) is 142 Å². The third-order valence-corrected chi connectivity index (χ3v) is 11.6. The number of carbonyl (C=O) groups excluding carboxylic acids is 4. The van der Waals surface area contributed by atoms with Crippen molar-refractivity contribution in [3.8, 4) is 0 Å². The molecule has 2 aromatic carbocycles. The predicted octanol–water partition coefficient (Wildman–Crippen LogP) is 9.17. The molecular formula is C57H94N2O12. The molecule has 2 rings (SSSR count). The Bertz CT molecular complexity index is 1410. The maximum absolute atomic E-state index is 12.2. The number of hydrogen-bond acceptors (Lipinski definition) is 12. The monoisotopic (exact) mass is 999 g/mol. The average Bonchev–Trinajstić information content (AvgIpc) is 3.38. The summed E-state index contributed by atoms with van der Waals surface area (Å²) in [5, 5.41) is 5.91. The third kappa shape index (κ3) is 44.8. The van der Waals surface area contributed by atoms with Gasteiger partial charge in [-0.1, -0.05) is 99.2 Å². The Morgan fingerprint density at radius 1 is 0.282 bits per heavy atom. The van der Waals surface area contributed by atoms with E-state index in [1.165, 1.54) is 11.1 Å². The van der Waals surface area contributed by atoms with Crippen LogP contribution in [0.2, 0.25) is 0 Å². The molecule has 0 saturated carbocycles. The third-order valence-electron chi connectivity index (χ3n) is 11.6. The maximum atomic E-state index is 12.2. The van der Waals surface area contributed by atoms with Crippen LogP contribution in [-0.2, 0) is 69.9 Å². The molecule has 0 saturated heterocycles. The molecule has 14 nitrogen and oxygen atoms in total. The molecule has 0 unspecified atom stereocenters. The van der Waals surface area contributed by atoms with E-state index in [1.807, 2.05) is 12.1 Å². The molecule has 0 aliphatic heterocycles. The van der Waals surface area contributed by atoms with Gasteiger partial charge in [0.2, 0.25) is 11.8 Å². The Labute approximate surface area is 428 Å². The van der Waals surface area contributed by atoms with Crippen molar-refractivity contribution in [2.24, 2.45) is 0 Å². The smallest absolute Gasteiger partial charge is 0.222 e. The Hall–Kier alpha value is -3.60. The van der Waals surface area contributed by atoms with Gasteiger partial charge >= 0.3 is 0 Å². The van der Waals surface area contributed by atoms with E-state index in [1.54, 1.807) is 0 Å². The number of carbonyl (C=O) groups is 4. The van der Waals surface area contributed by atoms with Gasteiger partial charge in [0, 0.05) is 91.3 Å². The predicted molar refractivity (Wildman–Crippen MR) is 280 cm³/mol. The van der Waals surface area contributed by atoms with Crippen LogP contribution < -0.4 is 10.6 Å². The van der Waals surface area contributed by atoms with Gasteiger partial charge < -0.3 is 48.5 Å². The molecule has 0 aromatic heterocycles. The lowest BCUT2D eigenvalue weighted by Crippen LogP contribution is -2.25. The van der Waals surface area contributed by atoms with Gasteiger partial charge in [-0.3, -0.25) is 19.2 Å². The summed E-state index contributed by atoms with van der Waals surface area (Å²) in [6, 6.07) is 20.8. The summed E-state index contributed by atoms with van der Waals surface area (Å²) < 4.78 is 44.7. The van der Waals surface area contributed by atoms with Gasteiger partial charge in [0.15, 0.2) is 0 Å². The minimum absolute atomic E-state index is 0.00799. The summed E-state index contributed by atoms with van der Waals surface area (Å²) in [6.07, 6.45) is 19.1. The van der Waals surface area contributed by atoms with Crippen LogP contribution in [0.25, 0.3) is 0 Å². The first-order valence-electron chi connectivity index (χ1n) is 27.3. The van der Waals surface area contributed by atoms with Crippen molar-refractivity contribution in [2.45, 2.75) is 148 Å². The molecule has 0 aliphatic rings. The minimum Gasteiger partial charge on any atom is -0.381 e. The van der Waals surface area contributed by atoms with E-state index in [0.717, 1.165) is 116 Å². The fourth-order valence-electron chi connectivity index (χ4n) is 7.51. The highest BCUT2D eigenvalue weighted by molar-refractivity contribution is 5.78. The lowest BCUT2D eigenvalue weighted by atomic mass is 10.1. The first kappa shape index (κ1) is 63.5. The van der Waals surface area contributed by atoms with E-state index in [0.29, 0.717) is 162 Å². The van der Waals surface area contributed by atoms with E-state index in [-0.39, 0.29) is 11.8 Å². The number of Topliss-reactive ketones (excluding diaryl/α,β-unsaturated/α-hetero) is 2. The zero-order valence-electron chi connectivity index (χ0n) is 43.7. The summed E-state index contributed by atoms with van der Waals surface area (Å²) >= 11 is 0. The second kappa shape index (κ2) is 50.0. The van der Waals surface area contributed by atoms with Crippen LogP contribution in [0.1, 0.15) is 146 Å². The number of aryl methyl sites for hydroxylation is 2. The molecular weight excluding hydrogens is 905 g/mol. The molecule has 0 radical (unpaired) electrons. The van der Waals surface area contributed by atoms with Crippen LogP contribution in [0.3, 0.4) is 0 Å². The van der Waals surface area contributed by atoms with Crippen LogP contribution in [0.5, 0.6) is 0 Å². The number of hydrogen-bond donors (Lipinski definition) is 2. The quantitative estimate of drug-likeness (QED) is 0.0605.